The average molecular weight is 1080 g/mol. The van der Waals surface area contributed by atoms with Gasteiger partial charge in [-0.25, -0.2) is 52.3 Å². The SMILES string of the molecule is Cc1ccc([S+](c2ccc(C)cc2)c2ccc(Cc3ccc(-c4ccccc4I)cc3)cc2)cc1.O=S(=O)(O)c1c(F)c(F)c(F)c(F)c1F.O=S(=O)([O-])c1c(F)c(F)c(F)c(F)c1F. The lowest BCUT2D eigenvalue weighted by Gasteiger charge is -2.10. The molecule has 0 aromatic heterocycles. The Balaban J connectivity index is 0.000000218. The Morgan fingerprint density at radius 2 is 0.800 bits per heavy atom. The van der Waals surface area contributed by atoms with Crippen molar-refractivity contribution >= 4 is 53.7 Å². The number of hydrogen-bond donors (Lipinski definition) is 1. The summed E-state index contributed by atoms with van der Waals surface area (Å²) in [6.07, 6.45) is 0.940. The molecule has 0 spiro atoms. The first-order valence-corrected chi connectivity index (χ1v) is 23.3. The van der Waals surface area contributed by atoms with Crippen LogP contribution < -0.4 is 0 Å². The molecule has 0 aliphatic heterocycles. The third-order valence-electron chi connectivity index (χ3n) is 9.07. The average Bonchev–Trinajstić information content (AvgIpc) is 3.26. The minimum absolute atomic E-state index is 0.113. The normalized spacial score (nSPS) is 11.4. The zero-order valence-electron chi connectivity index (χ0n) is 33.1. The molecule has 0 saturated heterocycles. The van der Waals surface area contributed by atoms with Crippen LogP contribution in [0.1, 0.15) is 22.3 Å². The zero-order chi connectivity index (χ0) is 48.1. The minimum Gasteiger partial charge on any atom is -0.744 e. The maximum atomic E-state index is 12.6. The monoisotopic (exact) mass is 1080 g/mol. The van der Waals surface area contributed by atoms with Crippen LogP contribution in [0.2, 0.25) is 0 Å². The van der Waals surface area contributed by atoms with E-state index in [9.17, 15) is 65.3 Å². The van der Waals surface area contributed by atoms with Gasteiger partial charge in [0, 0.05) is 3.57 Å². The Morgan fingerprint density at radius 1 is 0.477 bits per heavy atom. The predicted octanol–water partition coefficient (Wildman–Crippen LogP) is 12.2. The van der Waals surface area contributed by atoms with Crippen molar-refractivity contribution in [1.29, 1.82) is 0 Å². The van der Waals surface area contributed by atoms with Crippen molar-refractivity contribution in [3.8, 4) is 11.1 Å². The minimum atomic E-state index is -5.77. The molecule has 340 valence electrons. The van der Waals surface area contributed by atoms with E-state index >= 15 is 0 Å². The molecule has 0 atom stereocenters. The van der Waals surface area contributed by atoms with E-state index in [4.69, 9.17) is 4.55 Å². The van der Waals surface area contributed by atoms with Gasteiger partial charge in [-0.2, -0.15) is 8.42 Å². The molecule has 0 unspecified atom stereocenters. The summed E-state index contributed by atoms with van der Waals surface area (Å²) in [6, 6.07) is 44.8. The molecule has 7 rings (SSSR count). The van der Waals surface area contributed by atoms with Gasteiger partial charge in [0.1, 0.15) is 15.0 Å². The van der Waals surface area contributed by atoms with E-state index in [2.05, 4.69) is 158 Å². The molecule has 6 nitrogen and oxygen atoms in total. The summed E-state index contributed by atoms with van der Waals surface area (Å²) in [5.41, 5.74) is 7.84. The highest BCUT2D eigenvalue weighted by atomic mass is 127. The van der Waals surface area contributed by atoms with Crippen molar-refractivity contribution in [2.45, 2.75) is 44.7 Å². The molecule has 7 aromatic rings. The van der Waals surface area contributed by atoms with Crippen molar-refractivity contribution in [1.82, 2.24) is 0 Å². The molecule has 1 N–H and O–H groups in total. The lowest BCUT2D eigenvalue weighted by atomic mass is 10.0. The van der Waals surface area contributed by atoms with E-state index in [1.165, 1.54) is 51.6 Å². The van der Waals surface area contributed by atoms with Crippen LogP contribution >= 0.6 is 22.6 Å². The van der Waals surface area contributed by atoms with E-state index in [1.54, 1.807) is 0 Å². The Bertz CT molecular complexity index is 2890. The summed E-state index contributed by atoms with van der Waals surface area (Å²) in [5, 5.41) is 0. The van der Waals surface area contributed by atoms with Gasteiger partial charge >= 0.3 is 10.1 Å². The molecule has 0 fully saturated rings. The second kappa shape index (κ2) is 20.9. The van der Waals surface area contributed by atoms with Gasteiger partial charge in [-0.3, -0.25) is 4.55 Å². The number of aryl methyl sites for hydroxylation is 2. The van der Waals surface area contributed by atoms with E-state index in [-0.39, 0.29) is 10.9 Å². The maximum Gasteiger partial charge on any atom is 0.300 e. The summed E-state index contributed by atoms with van der Waals surface area (Å²) in [7, 11) is -11.4. The highest BCUT2D eigenvalue weighted by molar-refractivity contribution is 14.1. The smallest absolute Gasteiger partial charge is 0.300 e. The van der Waals surface area contributed by atoms with Gasteiger partial charge in [-0.05, 0) is 108 Å². The van der Waals surface area contributed by atoms with Crippen LogP contribution in [0.25, 0.3) is 11.1 Å². The first-order valence-electron chi connectivity index (χ1n) is 18.2. The van der Waals surface area contributed by atoms with Crippen molar-refractivity contribution in [3.63, 3.8) is 0 Å². The Labute approximate surface area is 382 Å². The Kier molecular flexibility index (Phi) is 16.3. The van der Waals surface area contributed by atoms with Crippen molar-refractivity contribution in [2.75, 3.05) is 0 Å². The largest absolute Gasteiger partial charge is 0.744 e. The van der Waals surface area contributed by atoms with Crippen LogP contribution in [-0.4, -0.2) is 25.9 Å². The van der Waals surface area contributed by atoms with Crippen LogP contribution in [0.4, 0.5) is 43.9 Å². The topological polar surface area (TPSA) is 112 Å². The molecular weight excluding hydrogens is 1050 g/mol. The molecule has 0 radical (unpaired) electrons. The third kappa shape index (κ3) is 12.0. The van der Waals surface area contributed by atoms with E-state index in [0.717, 1.165) is 6.42 Å². The molecule has 0 saturated carbocycles. The van der Waals surface area contributed by atoms with Crippen LogP contribution in [-0.2, 0) is 37.6 Å². The van der Waals surface area contributed by atoms with Crippen molar-refractivity contribution < 1.29 is 69.8 Å². The number of benzene rings is 7. The van der Waals surface area contributed by atoms with Gasteiger partial charge in [-0.15, -0.1) is 0 Å². The van der Waals surface area contributed by atoms with Gasteiger partial charge in [0.25, 0.3) is 0 Å². The van der Waals surface area contributed by atoms with Gasteiger partial charge in [0.15, 0.2) is 66.1 Å². The molecule has 20 heteroatoms. The number of hydrogen-bond acceptors (Lipinski definition) is 5. The van der Waals surface area contributed by atoms with E-state index in [1.807, 2.05) is 0 Å². The van der Waals surface area contributed by atoms with Crippen LogP contribution in [0.15, 0.2) is 146 Å². The Hall–Kier alpha value is -5.26. The highest BCUT2D eigenvalue weighted by Crippen LogP contribution is 2.33. The quantitative estimate of drug-likeness (QED) is 0.0405. The molecule has 0 heterocycles. The molecular formula is C45H29F10IO6S3. The van der Waals surface area contributed by atoms with Crippen LogP contribution in [0.5, 0.6) is 0 Å². The summed E-state index contributed by atoms with van der Waals surface area (Å²) in [5.74, 6) is -25.4. The summed E-state index contributed by atoms with van der Waals surface area (Å²) >= 11 is 2.41. The number of rotatable bonds is 8. The van der Waals surface area contributed by atoms with E-state index < -0.39 is 88.2 Å². The summed E-state index contributed by atoms with van der Waals surface area (Å²) in [4.78, 5) is -0.565. The zero-order valence-corrected chi connectivity index (χ0v) is 37.7. The first kappa shape index (κ1) is 50.7. The fourth-order valence-corrected chi connectivity index (χ4v) is 9.84. The lowest BCUT2D eigenvalue weighted by molar-refractivity contribution is 0.350. The highest BCUT2D eigenvalue weighted by Gasteiger charge is 2.33. The molecule has 0 aliphatic rings. The molecule has 0 bridgehead atoms. The lowest BCUT2D eigenvalue weighted by Crippen LogP contribution is -2.12. The van der Waals surface area contributed by atoms with Crippen LogP contribution in [0.3, 0.4) is 0 Å². The summed E-state index contributed by atoms with van der Waals surface area (Å²) in [6.45, 7) is 4.30. The van der Waals surface area contributed by atoms with Crippen molar-refractivity contribution in [2.24, 2.45) is 0 Å². The molecule has 0 amide bonds. The fourth-order valence-electron chi connectivity index (χ4n) is 5.85. The van der Waals surface area contributed by atoms with Crippen LogP contribution in [0, 0.1) is 75.6 Å². The third-order valence-corrected chi connectivity index (χ3v) is 14.0. The maximum absolute atomic E-state index is 12.6. The van der Waals surface area contributed by atoms with Gasteiger partial charge in [0.05, 0.1) is 10.9 Å². The molecule has 0 aliphatic carbocycles. The molecule has 65 heavy (non-hydrogen) atoms. The van der Waals surface area contributed by atoms with E-state index in [0.29, 0.717) is 0 Å². The van der Waals surface area contributed by atoms with Crippen molar-refractivity contribution in [3.05, 3.63) is 205 Å². The Morgan fingerprint density at radius 3 is 1.15 bits per heavy atom. The van der Waals surface area contributed by atoms with Gasteiger partial charge in [0.2, 0.25) is 11.6 Å². The standard InChI is InChI=1S/C33H28IS.2C6HF5O3S/c1-24-7-17-29(18-8-24)35(30-19-9-25(2)10-20-30)31-21-13-27(14-22-31)23-26-11-15-28(16-12-26)32-5-3-4-6-33(32)34;2*7-1-2(8)4(10)6(15(12,13)14)5(11)3(1)9/h3-22H,23H2,1-2H3;2*(H,12,13,14)/q+1;;/p-1. The second-order valence-electron chi connectivity index (χ2n) is 13.7. The first-order chi connectivity index (χ1) is 30.4. The van der Waals surface area contributed by atoms with Gasteiger partial charge < -0.3 is 4.55 Å². The predicted molar refractivity (Wildman–Crippen MR) is 229 cm³/mol. The fraction of sp³-hybridized carbons (Fsp3) is 0.0667. The molecule has 7 aromatic carbocycles. The summed E-state index contributed by atoms with van der Waals surface area (Å²) < 4.78 is 185. The van der Waals surface area contributed by atoms with Gasteiger partial charge in [-0.1, -0.05) is 90.0 Å². The number of halogens is 11. The second-order valence-corrected chi connectivity index (χ2v) is 19.5.